The van der Waals surface area contributed by atoms with Crippen molar-refractivity contribution in [2.24, 2.45) is 5.73 Å². The van der Waals surface area contributed by atoms with E-state index >= 15 is 0 Å². The Kier molecular flexibility index (Phi) is 4.17. The van der Waals surface area contributed by atoms with Crippen molar-refractivity contribution in [2.75, 3.05) is 6.61 Å². The van der Waals surface area contributed by atoms with Crippen molar-refractivity contribution in [2.45, 2.75) is 19.4 Å². The summed E-state index contributed by atoms with van der Waals surface area (Å²) in [6.07, 6.45) is 0.0124. The number of carbonyl (C=O) groups excluding carboxylic acids is 1. The minimum Gasteiger partial charge on any atom is -0.504 e. The SMILES string of the molecule is CCOC(=O)[C@@H](N)Cc1ccc(O)c(O)c1O. The number of hydrogen-bond donors (Lipinski definition) is 4. The number of aromatic hydroxyl groups is 3. The van der Waals surface area contributed by atoms with Crippen LogP contribution in [0.25, 0.3) is 0 Å². The van der Waals surface area contributed by atoms with Crippen LogP contribution in [0.15, 0.2) is 12.1 Å². The Morgan fingerprint density at radius 1 is 1.35 bits per heavy atom. The van der Waals surface area contributed by atoms with Crippen LogP contribution in [0.1, 0.15) is 12.5 Å². The van der Waals surface area contributed by atoms with E-state index in [1.54, 1.807) is 6.92 Å². The molecule has 1 rings (SSSR count). The highest BCUT2D eigenvalue weighted by atomic mass is 16.5. The lowest BCUT2D eigenvalue weighted by Crippen LogP contribution is -2.34. The lowest BCUT2D eigenvalue weighted by Gasteiger charge is -2.12. The van der Waals surface area contributed by atoms with Crippen molar-refractivity contribution in [3.8, 4) is 17.2 Å². The first-order valence-electron chi connectivity index (χ1n) is 5.12. The summed E-state index contributed by atoms with van der Waals surface area (Å²) in [5.41, 5.74) is 5.83. The van der Waals surface area contributed by atoms with Gasteiger partial charge in [-0.3, -0.25) is 4.79 Å². The molecule has 6 nitrogen and oxygen atoms in total. The van der Waals surface area contributed by atoms with E-state index in [9.17, 15) is 15.0 Å². The van der Waals surface area contributed by atoms with Crippen molar-refractivity contribution in [1.82, 2.24) is 0 Å². The van der Waals surface area contributed by atoms with Gasteiger partial charge in [-0.2, -0.15) is 0 Å². The molecule has 0 radical (unpaired) electrons. The molecule has 0 aliphatic heterocycles. The Hall–Kier alpha value is -1.95. The summed E-state index contributed by atoms with van der Waals surface area (Å²) in [4.78, 5) is 11.3. The molecule has 1 atom stereocenters. The van der Waals surface area contributed by atoms with Gasteiger partial charge >= 0.3 is 5.97 Å². The van der Waals surface area contributed by atoms with Crippen LogP contribution in [0, 0.1) is 0 Å². The van der Waals surface area contributed by atoms with Gasteiger partial charge < -0.3 is 25.8 Å². The number of hydrogen-bond acceptors (Lipinski definition) is 6. The molecule has 0 bridgehead atoms. The lowest BCUT2D eigenvalue weighted by atomic mass is 10.0. The summed E-state index contributed by atoms with van der Waals surface area (Å²) < 4.78 is 4.71. The van der Waals surface area contributed by atoms with Gasteiger partial charge in [-0.1, -0.05) is 6.07 Å². The maximum Gasteiger partial charge on any atom is 0.323 e. The van der Waals surface area contributed by atoms with Crippen LogP contribution in [-0.2, 0) is 16.0 Å². The number of phenols is 3. The average molecular weight is 241 g/mol. The maximum atomic E-state index is 11.3. The molecule has 0 saturated carbocycles. The molecule has 94 valence electrons. The Bertz CT molecular complexity index is 419. The van der Waals surface area contributed by atoms with E-state index in [2.05, 4.69) is 0 Å². The van der Waals surface area contributed by atoms with Gasteiger partial charge in [-0.15, -0.1) is 0 Å². The van der Waals surface area contributed by atoms with Crippen molar-refractivity contribution in [3.63, 3.8) is 0 Å². The Labute approximate surface area is 98.3 Å². The molecule has 6 heteroatoms. The summed E-state index contributed by atoms with van der Waals surface area (Å²) >= 11 is 0. The number of nitrogens with two attached hydrogens (primary N) is 1. The summed E-state index contributed by atoms with van der Waals surface area (Å²) in [5.74, 6) is -2.13. The summed E-state index contributed by atoms with van der Waals surface area (Å²) in [6.45, 7) is 1.88. The molecule has 0 spiro atoms. The Morgan fingerprint density at radius 3 is 2.59 bits per heavy atom. The van der Waals surface area contributed by atoms with Crippen molar-refractivity contribution >= 4 is 5.97 Å². The van der Waals surface area contributed by atoms with E-state index in [1.165, 1.54) is 12.1 Å². The Morgan fingerprint density at radius 2 is 2.00 bits per heavy atom. The number of benzene rings is 1. The molecule has 0 amide bonds. The summed E-state index contributed by atoms with van der Waals surface area (Å²) in [7, 11) is 0. The molecule has 0 aliphatic carbocycles. The molecular weight excluding hydrogens is 226 g/mol. The van der Waals surface area contributed by atoms with Crippen LogP contribution in [0.2, 0.25) is 0 Å². The van der Waals surface area contributed by atoms with Crippen molar-refractivity contribution in [1.29, 1.82) is 0 Å². The van der Waals surface area contributed by atoms with Crippen LogP contribution < -0.4 is 5.73 Å². The quantitative estimate of drug-likeness (QED) is 0.443. The highest BCUT2D eigenvalue weighted by molar-refractivity contribution is 5.76. The van der Waals surface area contributed by atoms with E-state index in [-0.39, 0.29) is 18.6 Å². The number of rotatable bonds is 4. The third-order valence-electron chi connectivity index (χ3n) is 2.24. The first-order chi connectivity index (χ1) is 7.97. The fourth-order valence-corrected chi connectivity index (χ4v) is 1.35. The molecule has 17 heavy (non-hydrogen) atoms. The van der Waals surface area contributed by atoms with Crippen LogP contribution in [0.5, 0.6) is 17.2 Å². The highest BCUT2D eigenvalue weighted by Crippen LogP contribution is 2.37. The minimum absolute atomic E-state index is 0.0124. The van der Waals surface area contributed by atoms with Crippen LogP contribution in [0.4, 0.5) is 0 Å². The predicted molar refractivity (Wildman–Crippen MR) is 59.7 cm³/mol. The van der Waals surface area contributed by atoms with Gasteiger partial charge in [0.2, 0.25) is 5.75 Å². The standard InChI is InChI=1S/C11H15NO5/c1-2-17-11(16)7(12)5-6-3-4-8(13)10(15)9(6)14/h3-4,7,13-15H,2,5,12H2,1H3/t7-/m0/s1. The number of phenolic OH excluding ortho intramolecular Hbond substituents is 3. The van der Waals surface area contributed by atoms with E-state index in [4.69, 9.17) is 15.6 Å². The third-order valence-corrected chi connectivity index (χ3v) is 2.24. The normalized spacial score (nSPS) is 12.1. The molecule has 0 heterocycles. The molecule has 0 aromatic heterocycles. The predicted octanol–water partition coefficient (Wildman–Crippen LogP) is 0.236. The van der Waals surface area contributed by atoms with Crippen molar-refractivity contribution in [3.05, 3.63) is 17.7 Å². The second-order valence-electron chi connectivity index (χ2n) is 3.50. The van der Waals surface area contributed by atoms with Crippen LogP contribution in [0.3, 0.4) is 0 Å². The van der Waals surface area contributed by atoms with Crippen LogP contribution >= 0.6 is 0 Å². The maximum absolute atomic E-state index is 11.3. The zero-order valence-electron chi connectivity index (χ0n) is 9.38. The van der Waals surface area contributed by atoms with Gasteiger partial charge in [0.1, 0.15) is 6.04 Å². The average Bonchev–Trinajstić information content (AvgIpc) is 2.30. The second-order valence-corrected chi connectivity index (χ2v) is 3.50. The molecule has 1 aromatic carbocycles. The number of esters is 1. The third kappa shape index (κ3) is 3.01. The first kappa shape index (κ1) is 13.1. The summed E-state index contributed by atoms with van der Waals surface area (Å²) in [5, 5.41) is 27.9. The van der Waals surface area contributed by atoms with Gasteiger partial charge in [0, 0.05) is 12.0 Å². The largest absolute Gasteiger partial charge is 0.504 e. The smallest absolute Gasteiger partial charge is 0.323 e. The molecule has 0 saturated heterocycles. The Balaban J connectivity index is 2.82. The van der Waals surface area contributed by atoms with Gasteiger partial charge in [0.05, 0.1) is 6.61 Å². The van der Waals surface area contributed by atoms with Gasteiger partial charge in [0.15, 0.2) is 11.5 Å². The van der Waals surface area contributed by atoms with E-state index in [1.807, 2.05) is 0 Å². The fourth-order valence-electron chi connectivity index (χ4n) is 1.35. The molecule has 0 unspecified atom stereocenters. The van der Waals surface area contributed by atoms with Gasteiger partial charge in [-0.05, 0) is 13.0 Å². The molecular formula is C11H15NO5. The zero-order valence-corrected chi connectivity index (χ0v) is 9.38. The van der Waals surface area contributed by atoms with Crippen molar-refractivity contribution < 1.29 is 24.9 Å². The van der Waals surface area contributed by atoms with E-state index in [0.717, 1.165) is 0 Å². The highest BCUT2D eigenvalue weighted by Gasteiger charge is 2.19. The van der Waals surface area contributed by atoms with Gasteiger partial charge in [0.25, 0.3) is 0 Å². The first-order valence-corrected chi connectivity index (χ1v) is 5.12. The second kappa shape index (κ2) is 5.40. The lowest BCUT2D eigenvalue weighted by molar-refractivity contribution is -0.144. The molecule has 1 aromatic rings. The minimum atomic E-state index is -0.926. The monoisotopic (exact) mass is 241 g/mol. The molecule has 5 N–H and O–H groups in total. The topological polar surface area (TPSA) is 113 Å². The summed E-state index contributed by atoms with van der Waals surface area (Å²) in [6, 6.07) is 1.66. The van der Waals surface area contributed by atoms with Crippen LogP contribution in [-0.4, -0.2) is 33.9 Å². The van der Waals surface area contributed by atoms with E-state index < -0.39 is 29.3 Å². The van der Waals surface area contributed by atoms with E-state index in [0.29, 0.717) is 0 Å². The zero-order chi connectivity index (χ0) is 13.0. The fraction of sp³-hybridized carbons (Fsp3) is 0.364. The van der Waals surface area contributed by atoms with Gasteiger partial charge in [-0.25, -0.2) is 0 Å². The number of ether oxygens (including phenoxy) is 1. The molecule has 0 aliphatic rings. The molecule has 0 fully saturated rings. The number of carbonyl (C=O) groups is 1.